The van der Waals surface area contributed by atoms with E-state index in [4.69, 9.17) is 5.11 Å². The Bertz CT molecular complexity index is 160. The first-order chi connectivity index (χ1) is 5.07. The Labute approximate surface area is 69.4 Å². The first-order valence-corrected chi connectivity index (χ1v) is 4.48. The molecule has 0 heterocycles. The number of hydrogen-bond donors (Lipinski definition) is 2. The second kappa shape index (κ2) is 5.01. The minimum atomic E-state index is -1.01. The predicted molar refractivity (Wildman–Crippen MR) is 43.6 cm³/mol. The van der Waals surface area contributed by atoms with Gasteiger partial charge >= 0.3 is 5.97 Å². The zero-order valence-corrected chi connectivity index (χ0v) is 7.27. The zero-order valence-electron chi connectivity index (χ0n) is 6.46. The average molecular weight is 177 g/mol. The van der Waals surface area contributed by atoms with Gasteiger partial charge in [-0.2, -0.15) is 11.8 Å². The van der Waals surface area contributed by atoms with Crippen LogP contribution in [0.1, 0.15) is 6.92 Å². The van der Waals surface area contributed by atoms with Crippen molar-refractivity contribution in [2.45, 2.75) is 13.0 Å². The van der Waals surface area contributed by atoms with Gasteiger partial charge in [0.25, 0.3) is 0 Å². The van der Waals surface area contributed by atoms with Crippen molar-refractivity contribution in [2.75, 3.05) is 12.0 Å². The standard InChI is InChI=1S/C6H11NO3S/c1-4(6(9)10)7-5(8)3-11-2/h4H,3H2,1-2H3,(H,7,8)(H,9,10). The molecule has 0 aliphatic rings. The van der Waals surface area contributed by atoms with Crippen LogP contribution in [0.5, 0.6) is 0 Å². The number of nitrogens with one attached hydrogen (secondary N) is 1. The van der Waals surface area contributed by atoms with Crippen molar-refractivity contribution in [3.63, 3.8) is 0 Å². The highest BCUT2D eigenvalue weighted by atomic mass is 32.2. The van der Waals surface area contributed by atoms with Gasteiger partial charge in [0.1, 0.15) is 6.04 Å². The van der Waals surface area contributed by atoms with E-state index in [-0.39, 0.29) is 5.91 Å². The van der Waals surface area contributed by atoms with E-state index in [0.717, 1.165) is 0 Å². The molecule has 64 valence electrons. The minimum absolute atomic E-state index is 0.243. The highest BCUT2D eigenvalue weighted by Gasteiger charge is 2.12. The van der Waals surface area contributed by atoms with Crippen LogP contribution in [0.4, 0.5) is 0 Å². The molecule has 1 unspecified atom stereocenters. The quantitative estimate of drug-likeness (QED) is 0.631. The van der Waals surface area contributed by atoms with Gasteiger partial charge in [0.2, 0.25) is 5.91 Å². The van der Waals surface area contributed by atoms with Crippen LogP contribution >= 0.6 is 11.8 Å². The van der Waals surface area contributed by atoms with Gasteiger partial charge < -0.3 is 10.4 Å². The van der Waals surface area contributed by atoms with Crippen molar-refractivity contribution in [3.8, 4) is 0 Å². The third kappa shape index (κ3) is 4.66. The molecule has 0 aromatic carbocycles. The molecule has 0 spiro atoms. The van der Waals surface area contributed by atoms with E-state index >= 15 is 0 Å². The molecule has 4 nitrogen and oxygen atoms in total. The second-order valence-corrected chi connectivity index (χ2v) is 2.93. The summed E-state index contributed by atoms with van der Waals surface area (Å²) in [6, 6.07) is -0.797. The van der Waals surface area contributed by atoms with Crippen LogP contribution in [0.15, 0.2) is 0 Å². The Morgan fingerprint density at radius 3 is 2.55 bits per heavy atom. The van der Waals surface area contributed by atoms with Gasteiger partial charge in [-0.05, 0) is 13.2 Å². The molecular weight excluding hydrogens is 166 g/mol. The minimum Gasteiger partial charge on any atom is -0.480 e. The number of thioether (sulfide) groups is 1. The number of carbonyl (C=O) groups excluding carboxylic acids is 1. The van der Waals surface area contributed by atoms with Crippen LogP contribution in [0.2, 0.25) is 0 Å². The molecule has 0 fully saturated rings. The van der Waals surface area contributed by atoms with Crippen LogP contribution in [0, 0.1) is 0 Å². The molecule has 0 aliphatic carbocycles. The van der Waals surface area contributed by atoms with Crippen LogP contribution < -0.4 is 5.32 Å². The Morgan fingerprint density at radius 2 is 2.18 bits per heavy atom. The molecular formula is C6H11NO3S. The summed E-state index contributed by atoms with van der Waals surface area (Å²) in [7, 11) is 0. The monoisotopic (exact) mass is 177 g/mol. The van der Waals surface area contributed by atoms with E-state index in [1.807, 2.05) is 0 Å². The van der Waals surface area contributed by atoms with Crippen LogP contribution in [0.3, 0.4) is 0 Å². The van der Waals surface area contributed by atoms with Crippen molar-refractivity contribution in [3.05, 3.63) is 0 Å². The second-order valence-electron chi connectivity index (χ2n) is 2.06. The number of carboxylic acid groups (broad SMARTS) is 1. The predicted octanol–water partition coefficient (Wildman–Crippen LogP) is -0.0613. The maximum Gasteiger partial charge on any atom is 0.325 e. The van der Waals surface area contributed by atoms with Gasteiger partial charge in [-0.25, -0.2) is 0 Å². The summed E-state index contributed by atoms with van der Waals surface area (Å²) in [5.74, 6) is -0.954. The molecule has 1 atom stereocenters. The third-order valence-electron chi connectivity index (χ3n) is 1.02. The summed E-state index contributed by atoms with van der Waals surface area (Å²) in [6.07, 6.45) is 1.78. The Morgan fingerprint density at radius 1 is 1.64 bits per heavy atom. The number of hydrogen-bond acceptors (Lipinski definition) is 3. The van der Waals surface area contributed by atoms with Crippen molar-refractivity contribution in [2.24, 2.45) is 0 Å². The Kier molecular flexibility index (Phi) is 4.69. The SMILES string of the molecule is CSCC(=O)NC(C)C(=O)O. The molecule has 2 N–H and O–H groups in total. The smallest absolute Gasteiger partial charge is 0.325 e. The fraction of sp³-hybridized carbons (Fsp3) is 0.667. The van der Waals surface area contributed by atoms with Gasteiger partial charge in [-0.1, -0.05) is 0 Å². The molecule has 11 heavy (non-hydrogen) atoms. The summed E-state index contributed by atoms with van der Waals surface area (Å²) in [5, 5.41) is 10.7. The fourth-order valence-corrected chi connectivity index (χ4v) is 0.822. The van der Waals surface area contributed by atoms with Crippen LogP contribution in [-0.2, 0) is 9.59 Å². The summed E-state index contributed by atoms with van der Waals surface area (Å²) in [4.78, 5) is 21.0. The van der Waals surface area contributed by atoms with Crippen molar-refractivity contribution < 1.29 is 14.7 Å². The zero-order chi connectivity index (χ0) is 8.85. The lowest BCUT2D eigenvalue weighted by Crippen LogP contribution is -2.39. The maximum atomic E-state index is 10.8. The Hall–Kier alpha value is -0.710. The highest BCUT2D eigenvalue weighted by molar-refractivity contribution is 7.99. The number of amides is 1. The van der Waals surface area contributed by atoms with Gasteiger partial charge in [-0.3, -0.25) is 9.59 Å². The topological polar surface area (TPSA) is 66.4 Å². The number of carboxylic acids is 1. The molecule has 0 aromatic heterocycles. The third-order valence-corrected chi connectivity index (χ3v) is 1.57. The number of rotatable bonds is 4. The Balaban J connectivity index is 3.66. The van der Waals surface area contributed by atoms with Gasteiger partial charge in [-0.15, -0.1) is 0 Å². The van der Waals surface area contributed by atoms with Crippen LogP contribution in [0.25, 0.3) is 0 Å². The van der Waals surface area contributed by atoms with E-state index in [2.05, 4.69) is 5.32 Å². The number of aliphatic carboxylic acids is 1. The molecule has 0 bridgehead atoms. The normalized spacial score (nSPS) is 12.2. The molecule has 5 heteroatoms. The average Bonchev–Trinajstić information content (AvgIpc) is 1.87. The fourth-order valence-electron chi connectivity index (χ4n) is 0.476. The van der Waals surface area contributed by atoms with Crippen molar-refractivity contribution in [1.29, 1.82) is 0 Å². The first kappa shape index (κ1) is 10.3. The summed E-state index contributed by atoms with van der Waals surface area (Å²) in [6.45, 7) is 1.43. The van der Waals surface area contributed by atoms with Crippen molar-refractivity contribution in [1.82, 2.24) is 5.32 Å². The highest BCUT2D eigenvalue weighted by Crippen LogP contribution is 1.90. The molecule has 0 aromatic rings. The molecule has 0 aliphatic heterocycles. The van der Waals surface area contributed by atoms with E-state index in [1.165, 1.54) is 18.7 Å². The molecule has 0 rings (SSSR count). The molecule has 1 amide bonds. The van der Waals surface area contributed by atoms with E-state index in [9.17, 15) is 9.59 Å². The summed E-state index contributed by atoms with van der Waals surface area (Å²) < 4.78 is 0. The first-order valence-electron chi connectivity index (χ1n) is 3.09. The van der Waals surface area contributed by atoms with Crippen LogP contribution in [-0.4, -0.2) is 35.0 Å². The van der Waals surface area contributed by atoms with Crippen molar-refractivity contribution >= 4 is 23.6 Å². The largest absolute Gasteiger partial charge is 0.480 e. The summed E-state index contributed by atoms with van der Waals surface area (Å²) in [5.41, 5.74) is 0. The summed E-state index contributed by atoms with van der Waals surface area (Å²) >= 11 is 1.36. The van der Waals surface area contributed by atoms with E-state index in [1.54, 1.807) is 6.26 Å². The van der Waals surface area contributed by atoms with Gasteiger partial charge in [0.15, 0.2) is 0 Å². The molecule has 0 saturated heterocycles. The van der Waals surface area contributed by atoms with Gasteiger partial charge in [0, 0.05) is 0 Å². The molecule has 0 radical (unpaired) electrons. The maximum absolute atomic E-state index is 10.8. The lowest BCUT2D eigenvalue weighted by molar-refractivity contribution is -0.140. The lowest BCUT2D eigenvalue weighted by atomic mass is 10.3. The number of carbonyl (C=O) groups is 2. The van der Waals surface area contributed by atoms with Gasteiger partial charge in [0.05, 0.1) is 5.75 Å². The lowest BCUT2D eigenvalue weighted by Gasteiger charge is -2.07. The van der Waals surface area contributed by atoms with E-state index < -0.39 is 12.0 Å². The molecule has 0 saturated carbocycles. The van der Waals surface area contributed by atoms with E-state index in [0.29, 0.717) is 5.75 Å².